The number of carbonyl (C=O) groups is 1. The van der Waals surface area contributed by atoms with Gasteiger partial charge >= 0.3 is 6.18 Å². The van der Waals surface area contributed by atoms with Crippen molar-refractivity contribution in [3.05, 3.63) is 64.8 Å². The average molecular weight is 382 g/mol. The highest BCUT2D eigenvalue weighted by molar-refractivity contribution is 6.30. The molecule has 2 rings (SSSR count). The second-order valence-electron chi connectivity index (χ2n) is 5.00. The molecule has 1 amide bonds. The monoisotopic (exact) mass is 381 g/mol. The van der Waals surface area contributed by atoms with Gasteiger partial charge in [-0.2, -0.15) is 18.4 Å². The predicted molar refractivity (Wildman–Crippen MR) is 90.5 cm³/mol. The minimum Gasteiger partial charge on any atom is -0.508 e. The van der Waals surface area contributed by atoms with Crippen LogP contribution in [-0.2, 0) is 11.0 Å². The number of hydrogen-bond donors (Lipinski definition) is 3. The number of nitriles is 1. The summed E-state index contributed by atoms with van der Waals surface area (Å²) in [5.74, 6) is -0.837. The number of halogens is 4. The van der Waals surface area contributed by atoms with E-state index in [1.54, 1.807) is 6.07 Å². The van der Waals surface area contributed by atoms with Crippen molar-refractivity contribution in [2.75, 3.05) is 10.6 Å². The highest BCUT2D eigenvalue weighted by atomic mass is 35.5. The zero-order chi connectivity index (χ0) is 19.3. The van der Waals surface area contributed by atoms with Crippen LogP contribution in [0, 0.1) is 11.3 Å². The Labute approximate surface area is 151 Å². The van der Waals surface area contributed by atoms with Crippen LogP contribution in [0.1, 0.15) is 5.56 Å². The van der Waals surface area contributed by atoms with E-state index < -0.39 is 23.2 Å². The molecule has 0 aromatic heterocycles. The molecule has 0 saturated carbocycles. The van der Waals surface area contributed by atoms with Crippen molar-refractivity contribution < 1.29 is 23.1 Å². The van der Waals surface area contributed by atoms with E-state index in [0.29, 0.717) is 5.69 Å². The van der Waals surface area contributed by atoms with E-state index in [0.717, 1.165) is 18.3 Å². The Bertz CT molecular complexity index is 888. The standard InChI is InChI=1S/C17H11ClF3N3O2/c18-11-1-6-15(14(7-11)17(19,20)21)23-9-10(8-22)16(26)24-12-2-4-13(25)5-3-12/h1-7,9,23,25H,(H,24,26)/b10-9-. The van der Waals surface area contributed by atoms with Crippen molar-refractivity contribution in [1.29, 1.82) is 5.26 Å². The number of nitrogens with one attached hydrogen (secondary N) is 2. The van der Waals surface area contributed by atoms with E-state index in [-0.39, 0.29) is 16.5 Å². The summed E-state index contributed by atoms with van der Waals surface area (Å²) in [6.07, 6.45) is -3.80. The summed E-state index contributed by atoms with van der Waals surface area (Å²) < 4.78 is 39.1. The maximum Gasteiger partial charge on any atom is 0.418 e. The van der Waals surface area contributed by atoms with Crippen LogP contribution in [-0.4, -0.2) is 11.0 Å². The number of hydrogen-bond acceptors (Lipinski definition) is 4. The van der Waals surface area contributed by atoms with Gasteiger partial charge in [0.1, 0.15) is 17.4 Å². The summed E-state index contributed by atoms with van der Waals surface area (Å²) in [6.45, 7) is 0. The number of phenolic OH excluding ortho intramolecular Hbond substituents is 1. The Morgan fingerprint density at radius 3 is 2.42 bits per heavy atom. The molecule has 0 unspecified atom stereocenters. The summed E-state index contributed by atoms with van der Waals surface area (Å²) in [7, 11) is 0. The molecule has 9 heteroatoms. The fourth-order valence-electron chi connectivity index (χ4n) is 1.92. The highest BCUT2D eigenvalue weighted by Crippen LogP contribution is 2.36. The van der Waals surface area contributed by atoms with Gasteiger partial charge in [0.2, 0.25) is 0 Å². The molecule has 2 aromatic rings. The van der Waals surface area contributed by atoms with Crippen molar-refractivity contribution in [2.24, 2.45) is 0 Å². The zero-order valence-corrected chi connectivity index (χ0v) is 13.7. The molecule has 5 nitrogen and oxygen atoms in total. The first-order chi connectivity index (χ1) is 12.2. The highest BCUT2D eigenvalue weighted by Gasteiger charge is 2.33. The van der Waals surface area contributed by atoms with Crippen molar-refractivity contribution in [3.8, 4) is 11.8 Å². The van der Waals surface area contributed by atoms with Crippen molar-refractivity contribution in [1.82, 2.24) is 0 Å². The maximum atomic E-state index is 13.0. The van der Waals surface area contributed by atoms with Gasteiger partial charge in [-0.25, -0.2) is 0 Å². The van der Waals surface area contributed by atoms with Crippen LogP contribution >= 0.6 is 11.6 Å². The first kappa shape index (κ1) is 19.1. The molecule has 0 radical (unpaired) electrons. The maximum absolute atomic E-state index is 13.0. The quantitative estimate of drug-likeness (QED) is 0.413. The largest absolute Gasteiger partial charge is 0.508 e. The minimum atomic E-state index is -4.66. The smallest absolute Gasteiger partial charge is 0.418 e. The van der Waals surface area contributed by atoms with Crippen molar-refractivity contribution >= 4 is 28.9 Å². The van der Waals surface area contributed by atoms with E-state index in [9.17, 15) is 23.1 Å². The molecule has 0 saturated heterocycles. The summed E-state index contributed by atoms with van der Waals surface area (Å²) in [5.41, 5.74) is -1.53. The fraction of sp³-hybridized carbons (Fsp3) is 0.0588. The number of alkyl halides is 3. The van der Waals surface area contributed by atoms with Crippen LogP contribution in [0.5, 0.6) is 5.75 Å². The summed E-state index contributed by atoms with van der Waals surface area (Å²) in [4.78, 5) is 12.0. The van der Waals surface area contributed by atoms with Gasteiger partial charge in [-0.3, -0.25) is 4.79 Å². The molecule has 0 aliphatic rings. The molecule has 0 atom stereocenters. The number of benzene rings is 2. The van der Waals surface area contributed by atoms with E-state index in [1.165, 1.54) is 30.3 Å². The van der Waals surface area contributed by atoms with Gasteiger partial charge in [-0.1, -0.05) is 11.6 Å². The number of anilines is 2. The SMILES string of the molecule is N#C/C(=C/Nc1ccc(Cl)cc1C(F)(F)F)C(=O)Nc1ccc(O)cc1. The Balaban J connectivity index is 2.21. The van der Waals surface area contributed by atoms with Gasteiger partial charge in [0.05, 0.1) is 11.3 Å². The van der Waals surface area contributed by atoms with Gasteiger partial charge in [0.25, 0.3) is 5.91 Å². The van der Waals surface area contributed by atoms with Gasteiger partial charge in [0, 0.05) is 16.9 Å². The minimum absolute atomic E-state index is 0.0110. The third kappa shape index (κ3) is 4.91. The van der Waals surface area contributed by atoms with Crippen LogP contribution in [0.25, 0.3) is 0 Å². The van der Waals surface area contributed by atoms with E-state index in [1.807, 2.05) is 0 Å². The predicted octanol–water partition coefficient (Wildman–Crippen LogP) is 4.52. The Morgan fingerprint density at radius 2 is 1.85 bits per heavy atom. The van der Waals surface area contributed by atoms with Crippen molar-refractivity contribution in [2.45, 2.75) is 6.18 Å². The van der Waals surface area contributed by atoms with Crippen LogP contribution in [0.2, 0.25) is 5.02 Å². The second-order valence-corrected chi connectivity index (χ2v) is 5.44. The van der Waals surface area contributed by atoms with Crippen LogP contribution in [0.4, 0.5) is 24.5 Å². The first-order valence-electron chi connectivity index (χ1n) is 7.04. The molecule has 0 aliphatic carbocycles. The number of phenols is 1. The van der Waals surface area contributed by atoms with Gasteiger partial charge in [-0.15, -0.1) is 0 Å². The number of rotatable bonds is 4. The lowest BCUT2D eigenvalue weighted by molar-refractivity contribution is -0.136. The van der Waals surface area contributed by atoms with Gasteiger partial charge < -0.3 is 15.7 Å². The average Bonchev–Trinajstić information content (AvgIpc) is 2.57. The molecule has 3 N–H and O–H groups in total. The number of carbonyl (C=O) groups excluding carboxylic acids is 1. The third-order valence-electron chi connectivity index (χ3n) is 3.15. The Hall–Kier alpha value is -3.18. The molecule has 26 heavy (non-hydrogen) atoms. The molecule has 0 heterocycles. The van der Waals surface area contributed by atoms with Crippen LogP contribution < -0.4 is 10.6 Å². The number of aromatic hydroxyl groups is 1. The number of amides is 1. The van der Waals surface area contributed by atoms with Crippen LogP contribution in [0.3, 0.4) is 0 Å². The molecule has 0 bridgehead atoms. The Morgan fingerprint density at radius 1 is 1.19 bits per heavy atom. The first-order valence-corrected chi connectivity index (χ1v) is 7.42. The normalized spacial score (nSPS) is 11.6. The van der Waals surface area contributed by atoms with Crippen molar-refractivity contribution in [3.63, 3.8) is 0 Å². The van der Waals surface area contributed by atoms with Crippen LogP contribution in [0.15, 0.2) is 54.2 Å². The molecular formula is C17H11ClF3N3O2. The zero-order valence-electron chi connectivity index (χ0n) is 12.9. The topological polar surface area (TPSA) is 85.2 Å². The van der Waals surface area contributed by atoms with E-state index in [2.05, 4.69) is 10.6 Å². The lowest BCUT2D eigenvalue weighted by atomic mass is 10.1. The summed E-state index contributed by atoms with van der Waals surface area (Å²) in [6, 6.07) is 10.1. The van der Waals surface area contributed by atoms with E-state index >= 15 is 0 Å². The Kier molecular flexibility index (Phi) is 5.75. The fourth-order valence-corrected chi connectivity index (χ4v) is 2.09. The second kappa shape index (κ2) is 7.80. The molecular weight excluding hydrogens is 371 g/mol. The molecule has 0 aliphatic heterocycles. The summed E-state index contributed by atoms with van der Waals surface area (Å²) >= 11 is 5.59. The molecule has 134 valence electrons. The molecule has 0 spiro atoms. The third-order valence-corrected chi connectivity index (χ3v) is 3.38. The molecule has 0 fully saturated rings. The van der Waals surface area contributed by atoms with E-state index in [4.69, 9.17) is 16.9 Å². The lowest BCUT2D eigenvalue weighted by Crippen LogP contribution is -2.15. The number of nitrogens with zero attached hydrogens (tertiary/aromatic N) is 1. The summed E-state index contributed by atoms with van der Waals surface area (Å²) in [5, 5.41) is 22.8. The van der Waals surface area contributed by atoms with Gasteiger partial charge in [-0.05, 0) is 42.5 Å². The van der Waals surface area contributed by atoms with Gasteiger partial charge in [0.15, 0.2) is 0 Å². The molecule has 2 aromatic carbocycles. The lowest BCUT2D eigenvalue weighted by Gasteiger charge is -2.13.